The van der Waals surface area contributed by atoms with Crippen LogP contribution in [0.25, 0.3) is 0 Å². The van der Waals surface area contributed by atoms with Crippen LogP contribution in [0.1, 0.15) is 72.6 Å². The van der Waals surface area contributed by atoms with Crippen LogP contribution in [0.5, 0.6) is 0 Å². The van der Waals surface area contributed by atoms with Gasteiger partial charge in [0.1, 0.15) is 0 Å². The van der Waals surface area contributed by atoms with E-state index in [0.29, 0.717) is 6.54 Å². The lowest BCUT2D eigenvalue weighted by atomic mass is 10.1. The minimum atomic E-state index is -1.12. The molecular formula is C17H25NO4. The third-order valence-corrected chi connectivity index (χ3v) is 3.61. The number of carboxylic acid groups (broad SMARTS) is 2. The van der Waals surface area contributed by atoms with Crippen molar-refractivity contribution in [1.29, 1.82) is 0 Å². The molecule has 0 amide bonds. The average molecular weight is 307 g/mol. The van der Waals surface area contributed by atoms with Gasteiger partial charge in [0.15, 0.2) is 0 Å². The molecule has 0 saturated carbocycles. The molecule has 0 unspecified atom stereocenters. The Morgan fingerprint density at radius 1 is 0.909 bits per heavy atom. The van der Waals surface area contributed by atoms with Crippen molar-refractivity contribution in [2.24, 2.45) is 0 Å². The Labute approximate surface area is 131 Å². The summed E-state index contributed by atoms with van der Waals surface area (Å²) in [4.78, 5) is 22.4. The Morgan fingerprint density at radius 2 is 1.41 bits per heavy atom. The molecule has 0 aromatic heterocycles. The van der Waals surface area contributed by atoms with E-state index in [9.17, 15) is 9.59 Å². The van der Waals surface area contributed by atoms with Gasteiger partial charge < -0.3 is 15.5 Å². The van der Waals surface area contributed by atoms with Gasteiger partial charge in [0, 0.05) is 6.54 Å². The molecule has 0 radical (unpaired) electrons. The molecule has 0 heterocycles. The molecule has 0 atom stereocenters. The van der Waals surface area contributed by atoms with Crippen molar-refractivity contribution in [3.63, 3.8) is 0 Å². The molecule has 0 aliphatic heterocycles. The fraction of sp³-hybridized carbons (Fsp3) is 0.529. The monoisotopic (exact) mass is 307 g/mol. The summed E-state index contributed by atoms with van der Waals surface area (Å²) in [6.45, 7) is 2.77. The summed E-state index contributed by atoms with van der Waals surface area (Å²) in [7, 11) is 0. The smallest absolute Gasteiger partial charge is 0.337 e. The summed E-state index contributed by atoms with van der Waals surface area (Å²) in [5.41, 5.74) is 0.208. The van der Waals surface area contributed by atoms with Crippen molar-refractivity contribution in [2.75, 3.05) is 11.9 Å². The zero-order valence-electron chi connectivity index (χ0n) is 13.1. The minimum Gasteiger partial charge on any atom is -0.478 e. The summed E-state index contributed by atoms with van der Waals surface area (Å²) in [6.07, 6.45) is 8.11. The maximum Gasteiger partial charge on any atom is 0.337 e. The van der Waals surface area contributed by atoms with Crippen LogP contribution in [-0.2, 0) is 0 Å². The summed E-state index contributed by atoms with van der Waals surface area (Å²) in [5, 5.41) is 21.3. The lowest BCUT2D eigenvalue weighted by Gasteiger charge is -2.12. The van der Waals surface area contributed by atoms with E-state index in [0.717, 1.165) is 19.3 Å². The molecule has 0 fully saturated rings. The number of unbranched alkanes of at least 4 members (excludes halogenated alkanes) is 6. The fourth-order valence-corrected chi connectivity index (χ4v) is 2.39. The van der Waals surface area contributed by atoms with Crippen molar-refractivity contribution in [1.82, 2.24) is 0 Å². The molecule has 0 saturated heterocycles. The molecule has 5 nitrogen and oxygen atoms in total. The van der Waals surface area contributed by atoms with Crippen LogP contribution in [0.4, 0.5) is 5.69 Å². The first-order valence-corrected chi connectivity index (χ1v) is 7.91. The standard InChI is InChI=1S/C17H25NO4/c1-2-3-4-5-6-7-8-12-18-15-13(16(19)20)10-9-11-14(15)17(21)22/h9-11,18H,2-8,12H2,1H3,(H,19,20)(H,21,22). The molecule has 3 N–H and O–H groups in total. The van der Waals surface area contributed by atoms with E-state index in [1.165, 1.54) is 43.9 Å². The van der Waals surface area contributed by atoms with E-state index < -0.39 is 11.9 Å². The highest BCUT2D eigenvalue weighted by Crippen LogP contribution is 2.22. The fourth-order valence-electron chi connectivity index (χ4n) is 2.39. The van der Waals surface area contributed by atoms with Crippen LogP contribution in [0.15, 0.2) is 18.2 Å². The number of para-hydroxylation sites is 1. The van der Waals surface area contributed by atoms with Crippen molar-refractivity contribution in [2.45, 2.75) is 51.9 Å². The molecule has 1 aromatic rings. The number of benzene rings is 1. The summed E-state index contributed by atoms with van der Waals surface area (Å²) in [6, 6.07) is 4.29. The van der Waals surface area contributed by atoms with E-state index in [1.807, 2.05) is 0 Å². The number of anilines is 1. The SMILES string of the molecule is CCCCCCCCCNc1c(C(=O)O)cccc1C(=O)O. The van der Waals surface area contributed by atoms with Crippen molar-refractivity contribution >= 4 is 17.6 Å². The zero-order valence-corrected chi connectivity index (χ0v) is 13.1. The van der Waals surface area contributed by atoms with Crippen LogP contribution < -0.4 is 5.32 Å². The highest BCUT2D eigenvalue weighted by Gasteiger charge is 2.17. The number of hydrogen-bond donors (Lipinski definition) is 3. The van der Waals surface area contributed by atoms with E-state index in [4.69, 9.17) is 10.2 Å². The van der Waals surface area contributed by atoms with E-state index >= 15 is 0 Å². The average Bonchev–Trinajstić information content (AvgIpc) is 2.49. The van der Waals surface area contributed by atoms with Gasteiger partial charge in [0.25, 0.3) is 0 Å². The minimum absolute atomic E-state index is 0.00263. The second kappa shape index (κ2) is 9.82. The van der Waals surface area contributed by atoms with Gasteiger partial charge in [-0.1, -0.05) is 51.5 Å². The van der Waals surface area contributed by atoms with E-state index in [2.05, 4.69) is 12.2 Å². The molecule has 0 aliphatic carbocycles. The van der Waals surface area contributed by atoms with Crippen LogP contribution in [0.2, 0.25) is 0 Å². The highest BCUT2D eigenvalue weighted by atomic mass is 16.4. The van der Waals surface area contributed by atoms with Crippen molar-refractivity contribution in [3.8, 4) is 0 Å². The molecule has 0 spiro atoms. The Kier molecular flexibility index (Phi) is 8.04. The van der Waals surface area contributed by atoms with Crippen LogP contribution in [0.3, 0.4) is 0 Å². The Hall–Kier alpha value is -2.04. The lowest BCUT2D eigenvalue weighted by molar-refractivity contribution is 0.0696. The largest absolute Gasteiger partial charge is 0.478 e. The molecule has 0 aliphatic rings. The molecular weight excluding hydrogens is 282 g/mol. The molecule has 0 bridgehead atoms. The summed E-state index contributed by atoms with van der Waals surface area (Å²) >= 11 is 0. The third kappa shape index (κ3) is 5.76. The second-order valence-corrected chi connectivity index (χ2v) is 5.39. The number of carboxylic acids is 2. The van der Waals surface area contributed by atoms with Gasteiger partial charge in [-0.15, -0.1) is 0 Å². The van der Waals surface area contributed by atoms with Crippen LogP contribution in [0, 0.1) is 0 Å². The van der Waals surface area contributed by atoms with Gasteiger partial charge >= 0.3 is 11.9 Å². The Morgan fingerprint density at radius 3 is 1.91 bits per heavy atom. The highest BCUT2D eigenvalue weighted by molar-refractivity contribution is 6.03. The number of nitrogens with one attached hydrogen (secondary N) is 1. The molecule has 5 heteroatoms. The third-order valence-electron chi connectivity index (χ3n) is 3.61. The zero-order chi connectivity index (χ0) is 16.4. The number of hydrogen-bond acceptors (Lipinski definition) is 3. The normalized spacial score (nSPS) is 10.4. The van der Waals surface area contributed by atoms with Gasteiger partial charge in [-0.3, -0.25) is 0 Å². The maximum absolute atomic E-state index is 11.2. The first-order valence-electron chi connectivity index (χ1n) is 7.91. The predicted molar refractivity (Wildman–Crippen MR) is 86.8 cm³/mol. The van der Waals surface area contributed by atoms with E-state index in [1.54, 1.807) is 0 Å². The molecule has 1 rings (SSSR count). The second-order valence-electron chi connectivity index (χ2n) is 5.39. The summed E-state index contributed by atoms with van der Waals surface area (Å²) < 4.78 is 0. The van der Waals surface area contributed by atoms with E-state index in [-0.39, 0.29) is 16.8 Å². The lowest BCUT2D eigenvalue weighted by Crippen LogP contribution is -2.12. The van der Waals surface area contributed by atoms with Gasteiger partial charge in [0.2, 0.25) is 0 Å². The van der Waals surface area contributed by atoms with Gasteiger partial charge in [0.05, 0.1) is 16.8 Å². The molecule has 1 aromatic carbocycles. The number of carbonyl (C=O) groups is 2. The summed E-state index contributed by atoms with van der Waals surface area (Å²) in [5.74, 6) is -2.24. The topological polar surface area (TPSA) is 86.6 Å². The quantitative estimate of drug-likeness (QED) is 0.532. The maximum atomic E-state index is 11.2. The molecule has 22 heavy (non-hydrogen) atoms. The Bertz CT molecular complexity index is 467. The molecule has 122 valence electrons. The van der Waals surface area contributed by atoms with Crippen LogP contribution >= 0.6 is 0 Å². The number of rotatable bonds is 11. The first kappa shape index (κ1) is 18.0. The van der Waals surface area contributed by atoms with Gasteiger partial charge in [-0.05, 0) is 18.6 Å². The van der Waals surface area contributed by atoms with Gasteiger partial charge in [-0.2, -0.15) is 0 Å². The van der Waals surface area contributed by atoms with Crippen LogP contribution in [-0.4, -0.2) is 28.7 Å². The Balaban J connectivity index is 2.50. The van der Waals surface area contributed by atoms with Crippen molar-refractivity contribution in [3.05, 3.63) is 29.3 Å². The first-order chi connectivity index (χ1) is 10.6. The number of aromatic carboxylic acids is 2. The van der Waals surface area contributed by atoms with Gasteiger partial charge in [-0.25, -0.2) is 9.59 Å². The van der Waals surface area contributed by atoms with Crippen molar-refractivity contribution < 1.29 is 19.8 Å². The predicted octanol–water partition coefficient (Wildman–Crippen LogP) is 4.25.